The van der Waals surface area contributed by atoms with Crippen molar-refractivity contribution in [1.29, 1.82) is 0 Å². The smallest absolute Gasteiger partial charge is 0.161 e. The molecular weight excluding hydrogens is 464 g/mol. The third-order valence-electron chi connectivity index (χ3n) is 7.51. The van der Waals surface area contributed by atoms with Gasteiger partial charge in [0.2, 0.25) is 0 Å². The molecule has 37 heavy (non-hydrogen) atoms. The van der Waals surface area contributed by atoms with Gasteiger partial charge in [-0.2, -0.15) is 5.10 Å². The van der Waals surface area contributed by atoms with Crippen LogP contribution in [0.15, 0.2) is 42.9 Å². The second-order valence-electron chi connectivity index (χ2n) is 10.1. The van der Waals surface area contributed by atoms with Gasteiger partial charge in [-0.05, 0) is 62.8 Å². The van der Waals surface area contributed by atoms with Gasteiger partial charge in [0.15, 0.2) is 17.3 Å². The summed E-state index contributed by atoms with van der Waals surface area (Å²) in [5.74, 6) is 1.61. The zero-order valence-corrected chi connectivity index (χ0v) is 21.0. The molecule has 5 aromatic rings. The van der Waals surface area contributed by atoms with Gasteiger partial charge < -0.3 is 14.8 Å². The highest BCUT2D eigenvalue weighted by Gasteiger charge is 2.21. The minimum absolute atomic E-state index is 0.690. The van der Waals surface area contributed by atoms with E-state index in [1.165, 1.54) is 18.4 Å². The molecule has 0 aliphatic carbocycles. The lowest BCUT2D eigenvalue weighted by Gasteiger charge is -2.33. The minimum Gasteiger partial charge on any atom is -0.352 e. The topological polar surface area (TPSA) is 106 Å². The molecule has 2 aliphatic heterocycles. The van der Waals surface area contributed by atoms with Crippen LogP contribution in [0.1, 0.15) is 18.4 Å². The molecule has 10 heteroatoms. The van der Waals surface area contributed by atoms with Gasteiger partial charge in [0, 0.05) is 56.9 Å². The number of likely N-dealkylation sites (N-methyl/N-ethyl adjacent to an activating group) is 1. The van der Waals surface area contributed by atoms with E-state index in [4.69, 9.17) is 9.97 Å². The first kappa shape index (κ1) is 22.3. The van der Waals surface area contributed by atoms with Gasteiger partial charge in [-0.25, -0.2) is 15.0 Å². The van der Waals surface area contributed by atoms with Crippen LogP contribution in [-0.4, -0.2) is 91.2 Å². The van der Waals surface area contributed by atoms with Crippen LogP contribution in [0.25, 0.3) is 44.8 Å². The first-order chi connectivity index (χ1) is 18.2. The number of nitrogens with one attached hydrogen (secondary N) is 2. The highest BCUT2D eigenvalue weighted by molar-refractivity contribution is 5.93. The van der Waals surface area contributed by atoms with Crippen LogP contribution in [0, 0.1) is 0 Å². The monoisotopic (exact) mass is 494 g/mol. The molecule has 0 amide bonds. The van der Waals surface area contributed by atoms with E-state index in [9.17, 15) is 0 Å². The van der Waals surface area contributed by atoms with Crippen molar-refractivity contribution in [2.24, 2.45) is 0 Å². The number of piperazine rings is 1. The predicted octanol–water partition coefficient (Wildman–Crippen LogP) is 3.31. The lowest BCUT2D eigenvalue weighted by atomic mass is 10.1. The average molecular weight is 495 g/mol. The molecule has 10 nitrogen and oxygen atoms in total. The third kappa shape index (κ3) is 4.21. The lowest BCUT2D eigenvalue weighted by Crippen LogP contribution is -2.44. The lowest BCUT2D eigenvalue weighted by molar-refractivity contribution is 0.312. The fraction of sp³-hybridized carbons (Fsp3) is 0.370. The number of pyridine rings is 3. The summed E-state index contributed by atoms with van der Waals surface area (Å²) in [6, 6.07) is 8.22. The molecule has 2 fully saturated rings. The quantitative estimate of drug-likeness (QED) is 0.383. The number of aromatic nitrogens is 7. The number of rotatable bonds is 5. The highest BCUT2D eigenvalue weighted by atomic mass is 15.3. The summed E-state index contributed by atoms with van der Waals surface area (Å²) < 4.78 is 0. The molecule has 2 N–H and O–H groups in total. The van der Waals surface area contributed by atoms with Gasteiger partial charge in [0.1, 0.15) is 11.0 Å². The molecule has 188 valence electrons. The Morgan fingerprint density at radius 2 is 1.76 bits per heavy atom. The van der Waals surface area contributed by atoms with Gasteiger partial charge in [-0.3, -0.25) is 15.0 Å². The second-order valence-corrected chi connectivity index (χ2v) is 10.1. The Hall–Kier alpha value is -3.89. The SMILES string of the molecule is CN1CCN(c2nccc3[nH]c(-c4n[nH]c5ccc(-c6cncc(CN7CCCC7)c6)nc45)nc23)CC1. The average Bonchev–Trinajstić information content (AvgIpc) is 3.68. The third-order valence-corrected chi connectivity index (χ3v) is 7.51. The minimum atomic E-state index is 0.690. The molecule has 0 saturated carbocycles. The first-order valence-electron chi connectivity index (χ1n) is 13.0. The maximum atomic E-state index is 5.01. The predicted molar refractivity (Wildman–Crippen MR) is 144 cm³/mol. The number of likely N-dealkylation sites (tertiary alicyclic amines) is 1. The van der Waals surface area contributed by atoms with Crippen LogP contribution < -0.4 is 4.90 Å². The molecule has 0 aromatic carbocycles. The largest absolute Gasteiger partial charge is 0.352 e. The van der Waals surface area contributed by atoms with E-state index in [0.29, 0.717) is 11.5 Å². The number of hydrogen-bond donors (Lipinski definition) is 2. The molecule has 0 atom stereocenters. The Morgan fingerprint density at radius 3 is 2.62 bits per heavy atom. The molecule has 2 saturated heterocycles. The number of aromatic amines is 2. The maximum Gasteiger partial charge on any atom is 0.161 e. The Kier molecular flexibility index (Phi) is 5.55. The summed E-state index contributed by atoms with van der Waals surface area (Å²) >= 11 is 0. The number of anilines is 1. The van der Waals surface area contributed by atoms with Crippen LogP contribution >= 0.6 is 0 Å². The summed E-state index contributed by atoms with van der Waals surface area (Å²) in [5.41, 5.74) is 7.29. The fourth-order valence-corrected chi connectivity index (χ4v) is 5.42. The Bertz CT molecular complexity index is 1560. The van der Waals surface area contributed by atoms with E-state index in [-0.39, 0.29) is 0 Å². The van der Waals surface area contributed by atoms with Crippen molar-refractivity contribution < 1.29 is 0 Å². The van der Waals surface area contributed by atoms with Crippen molar-refractivity contribution >= 4 is 27.9 Å². The molecular formula is C27H30N10. The summed E-state index contributed by atoms with van der Waals surface area (Å²) in [6.45, 7) is 7.16. The molecule has 7 heterocycles. The van der Waals surface area contributed by atoms with Crippen molar-refractivity contribution in [3.05, 3.63) is 48.4 Å². The Morgan fingerprint density at radius 1 is 0.892 bits per heavy atom. The second kappa shape index (κ2) is 9.20. The van der Waals surface area contributed by atoms with E-state index in [1.807, 2.05) is 36.8 Å². The number of imidazole rings is 1. The van der Waals surface area contributed by atoms with Crippen LogP contribution in [-0.2, 0) is 6.54 Å². The summed E-state index contributed by atoms with van der Waals surface area (Å²) in [4.78, 5) is 29.8. The van der Waals surface area contributed by atoms with E-state index in [2.05, 4.69) is 53.0 Å². The van der Waals surface area contributed by atoms with Crippen LogP contribution in [0.5, 0.6) is 0 Å². The van der Waals surface area contributed by atoms with Crippen molar-refractivity contribution in [2.45, 2.75) is 19.4 Å². The van der Waals surface area contributed by atoms with Crippen LogP contribution in [0.4, 0.5) is 5.82 Å². The number of hydrogen-bond acceptors (Lipinski definition) is 8. The van der Waals surface area contributed by atoms with Crippen molar-refractivity contribution in [3.63, 3.8) is 0 Å². The fourth-order valence-electron chi connectivity index (χ4n) is 5.42. The van der Waals surface area contributed by atoms with Crippen LogP contribution in [0.3, 0.4) is 0 Å². The van der Waals surface area contributed by atoms with Crippen molar-refractivity contribution in [1.82, 2.24) is 44.9 Å². The van der Waals surface area contributed by atoms with Crippen molar-refractivity contribution in [2.75, 3.05) is 51.2 Å². The van der Waals surface area contributed by atoms with E-state index >= 15 is 0 Å². The summed E-state index contributed by atoms with van der Waals surface area (Å²) in [7, 11) is 2.15. The molecule has 0 radical (unpaired) electrons. The normalized spacial score (nSPS) is 17.4. The van der Waals surface area contributed by atoms with Crippen molar-refractivity contribution in [3.8, 4) is 22.8 Å². The van der Waals surface area contributed by atoms with Gasteiger partial charge in [0.05, 0.1) is 16.7 Å². The maximum absolute atomic E-state index is 5.01. The summed E-state index contributed by atoms with van der Waals surface area (Å²) in [5, 5.41) is 7.72. The van der Waals surface area contributed by atoms with Crippen LogP contribution in [0.2, 0.25) is 0 Å². The van der Waals surface area contributed by atoms with Gasteiger partial charge in [-0.1, -0.05) is 0 Å². The van der Waals surface area contributed by atoms with E-state index in [1.54, 1.807) is 0 Å². The molecule has 7 rings (SSSR count). The number of fused-ring (bicyclic) bond motifs is 2. The van der Waals surface area contributed by atoms with E-state index < -0.39 is 0 Å². The molecule has 2 aliphatic rings. The Labute approximate surface area is 214 Å². The zero-order chi connectivity index (χ0) is 24.8. The van der Waals surface area contributed by atoms with E-state index in [0.717, 1.165) is 85.0 Å². The molecule has 0 bridgehead atoms. The Balaban J connectivity index is 1.24. The first-order valence-corrected chi connectivity index (χ1v) is 13.0. The number of nitrogens with zero attached hydrogens (tertiary/aromatic N) is 8. The standard InChI is InChI=1S/C27H30N10/c1-35-10-12-37(13-11-35)27-24-21(6-7-29-27)31-26(32-24)25-23-22(33-34-25)5-4-20(30-23)19-14-18(15-28-16-19)17-36-8-2-3-9-36/h4-7,14-16H,2-3,8-13,17H2,1H3,(H,31,32)(H,33,34). The number of H-pyrrole nitrogens is 2. The summed E-state index contributed by atoms with van der Waals surface area (Å²) in [6.07, 6.45) is 8.26. The molecule has 0 spiro atoms. The van der Waals surface area contributed by atoms with Gasteiger partial charge in [0.25, 0.3) is 0 Å². The molecule has 5 aromatic heterocycles. The van der Waals surface area contributed by atoms with Gasteiger partial charge >= 0.3 is 0 Å². The zero-order valence-electron chi connectivity index (χ0n) is 21.0. The molecule has 0 unspecified atom stereocenters. The van der Waals surface area contributed by atoms with Gasteiger partial charge in [-0.15, -0.1) is 0 Å². The highest BCUT2D eigenvalue weighted by Crippen LogP contribution is 2.30.